The zero-order valence-electron chi connectivity index (χ0n) is 18.5. The molecule has 0 amide bonds. The molecule has 1 N–H and O–H groups in total. The molecule has 4 aliphatic rings. The van der Waals surface area contributed by atoms with E-state index in [2.05, 4.69) is 44.2 Å². The standard InChI is InChI=1S/C27H40O2/c1-26-14-12-20(16-19-6-4-3-5-7-19)17-21(26)8-9-22-23-10-11-25(29-18-28)27(23,2)15-13-24(22)26/h3-7,20-25,28H,8-18H2,1-2H3/t20-,21-,22+,23+,24+,25+,26+,27+/m1/s1. The molecule has 160 valence electrons. The summed E-state index contributed by atoms with van der Waals surface area (Å²) in [5, 5.41) is 9.37. The smallest absolute Gasteiger partial charge is 0.143 e. The highest BCUT2D eigenvalue weighted by Crippen LogP contribution is 2.67. The number of aliphatic hydroxyl groups excluding tert-OH is 1. The van der Waals surface area contributed by atoms with E-state index in [1.54, 1.807) is 0 Å². The lowest BCUT2D eigenvalue weighted by Gasteiger charge is -2.61. The van der Waals surface area contributed by atoms with Crippen LogP contribution in [0.4, 0.5) is 0 Å². The van der Waals surface area contributed by atoms with Gasteiger partial charge in [-0.25, -0.2) is 0 Å². The zero-order chi connectivity index (χ0) is 20.1. The second-order valence-electron chi connectivity index (χ2n) is 11.4. The molecule has 0 bridgehead atoms. The Kier molecular flexibility index (Phi) is 5.31. The molecule has 1 aromatic carbocycles. The lowest BCUT2D eigenvalue weighted by molar-refractivity contribution is -0.150. The molecular weight excluding hydrogens is 356 g/mol. The normalized spacial score (nSPS) is 46.6. The summed E-state index contributed by atoms with van der Waals surface area (Å²) in [4.78, 5) is 0. The minimum Gasteiger partial charge on any atom is -0.371 e. The number of aliphatic hydroxyl groups is 1. The Bertz CT molecular complexity index is 702. The summed E-state index contributed by atoms with van der Waals surface area (Å²) in [6.45, 7) is 5.04. The van der Waals surface area contributed by atoms with Crippen molar-refractivity contribution in [3.8, 4) is 0 Å². The average Bonchev–Trinajstić information content (AvgIpc) is 3.06. The third-order valence-corrected chi connectivity index (χ3v) is 10.3. The molecular formula is C27H40O2. The second kappa shape index (κ2) is 7.68. The van der Waals surface area contributed by atoms with Crippen molar-refractivity contribution in [2.24, 2.45) is 40.4 Å². The van der Waals surface area contributed by atoms with Gasteiger partial charge in [0.1, 0.15) is 6.79 Å². The van der Waals surface area contributed by atoms with Gasteiger partial charge < -0.3 is 9.84 Å². The third kappa shape index (κ3) is 3.30. The van der Waals surface area contributed by atoms with Gasteiger partial charge in [0, 0.05) is 0 Å². The zero-order valence-corrected chi connectivity index (χ0v) is 18.5. The third-order valence-electron chi connectivity index (χ3n) is 10.3. The van der Waals surface area contributed by atoms with Crippen molar-refractivity contribution in [2.45, 2.75) is 84.2 Å². The minimum absolute atomic E-state index is 0.107. The fraction of sp³-hybridized carbons (Fsp3) is 0.778. The summed E-state index contributed by atoms with van der Waals surface area (Å²) in [5.41, 5.74) is 2.40. The van der Waals surface area contributed by atoms with Crippen LogP contribution in [0.3, 0.4) is 0 Å². The van der Waals surface area contributed by atoms with E-state index in [0.717, 1.165) is 36.0 Å². The summed E-state index contributed by atoms with van der Waals surface area (Å²) < 4.78 is 5.81. The molecule has 4 aliphatic carbocycles. The molecule has 0 aromatic heterocycles. The topological polar surface area (TPSA) is 29.5 Å². The lowest BCUT2D eigenvalue weighted by atomic mass is 9.44. The number of fused-ring (bicyclic) bond motifs is 5. The molecule has 0 saturated heterocycles. The summed E-state index contributed by atoms with van der Waals surface area (Å²) in [6.07, 6.45) is 13.9. The van der Waals surface area contributed by atoms with Crippen LogP contribution < -0.4 is 0 Å². The van der Waals surface area contributed by atoms with E-state index in [4.69, 9.17) is 4.74 Å². The van der Waals surface area contributed by atoms with Gasteiger partial charge in [-0.1, -0.05) is 44.2 Å². The minimum atomic E-state index is -0.107. The molecule has 0 aliphatic heterocycles. The van der Waals surface area contributed by atoms with Crippen molar-refractivity contribution in [1.29, 1.82) is 0 Å². The van der Waals surface area contributed by atoms with Gasteiger partial charge in [0.25, 0.3) is 0 Å². The molecule has 8 atom stereocenters. The highest BCUT2D eigenvalue weighted by atomic mass is 16.6. The molecule has 29 heavy (non-hydrogen) atoms. The van der Waals surface area contributed by atoms with Crippen molar-refractivity contribution >= 4 is 0 Å². The fourth-order valence-corrected chi connectivity index (χ4v) is 8.80. The maximum Gasteiger partial charge on any atom is 0.143 e. The first-order chi connectivity index (χ1) is 14.0. The van der Waals surface area contributed by atoms with Crippen LogP contribution in [0.15, 0.2) is 30.3 Å². The number of hydrogen-bond acceptors (Lipinski definition) is 2. The van der Waals surface area contributed by atoms with Crippen LogP contribution in [0, 0.1) is 40.4 Å². The van der Waals surface area contributed by atoms with Crippen molar-refractivity contribution in [3.63, 3.8) is 0 Å². The van der Waals surface area contributed by atoms with E-state index < -0.39 is 0 Å². The predicted molar refractivity (Wildman–Crippen MR) is 117 cm³/mol. The number of benzene rings is 1. The molecule has 0 heterocycles. The van der Waals surface area contributed by atoms with Gasteiger partial charge in [0.15, 0.2) is 0 Å². The molecule has 0 spiro atoms. The van der Waals surface area contributed by atoms with Crippen LogP contribution in [0.2, 0.25) is 0 Å². The van der Waals surface area contributed by atoms with Gasteiger partial charge in [-0.05, 0) is 110 Å². The molecule has 4 saturated carbocycles. The van der Waals surface area contributed by atoms with E-state index in [1.807, 2.05) is 0 Å². The quantitative estimate of drug-likeness (QED) is 0.612. The fourth-order valence-electron chi connectivity index (χ4n) is 8.80. The second-order valence-corrected chi connectivity index (χ2v) is 11.4. The Morgan fingerprint density at radius 3 is 2.45 bits per heavy atom. The molecule has 2 heteroatoms. The Morgan fingerprint density at radius 1 is 0.897 bits per heavy atom. The Labute approximate surface area is 177 Å². The molecule has 2 nitrogen and oxygen atoms in total. The maximum absolute atomic E-state index is 9.37. The van der Waals surface area contributed by atoms with Gasteiger partial charge in [-0.15, -0.1) is 0 Å². The Balaban J connectivity index is 1.30. The molecule has 0 radical (unpaired) electrons. The van der Waals surface area contributed by atoms with E-state index in [0.29, 0.717) is 10.8 Å². The SMILES string of the molecule is C[C@]12CC[C@H](Cc3ccccc3)C[C@H]1CC[C@@H]1[C@@H]2CC[C@]2(C)[C@@H](OCO)CC[C@@H]12. The predicted octanol–water partition coefficient (Wildman–Crippen LogP) is 6.22. The number of hydrogen-bond donors (Lipinski definition) is 1. The first-order valence-corrected chi connectivity index (χ1v) is 12.3. The summed E-state index contributed by atoms with van der Waals surface area (Å²) in [5.74, 6) is 4.45. The summed E-state index contributed by atoms with van der Waals surface area (Å²) >= 11 is 0. The average molecular weight is 397 g/mol. The molecule has 5 rings (SSSR count). The Morgan fingerprint density at radius 2 is 1.66 bits per heavy atom. The van der Waals surface area contributed by atoms with Gasteiger partial charge in [0.2, 0.25) is 0 Å². The summed E-state index contributed by atoms with van der Waals surface area (Å²) in [7, 11) is 0. The first-order valence-electron chi connectivity index (χ1n) is 12.3. The van der Waals surface area contributed by atoms with Gasteiger partial charge in [-0.2, -0.15) is 0 Å². The van der Waals surface area contributed by atoms with Crippen molar-refractivity contribution in [2.75, 3.05) is 6.79 Å². The highest BCUT2D eigenvalue weighted by molar-refractivity contribution is 5.16. The highest BCUT2D eigenvalue weighted by Gasteiger charge is 2.60. The largest absolute Gasteiger partial charge is 0.371 e. The van der Waals surface area contributed by atoms with Crippen LogP contribution in [-0.2, 0) is 11.2 Å². The van der Waals surface area contributed by atoms with Crippen LogP contribution >= 0.6 is 0 Å². The molecule has 0 unspecified atom stereocenters. The number of ether oxygens (including phenoxy) is 1. The van der Waals surface area contributed by atoms with Crippen molar-refractivity contribution < 1.29 is 9.84 Å². The van der Waals surface area contributed by atoms with E-state index in [-0.39, 0.29) is 12.9 Å². The molecule has 1 aromatic rings. The van der Waals surface area contributed by atoms with E-state index >= 15 is 0 Å². The van der Waals surface area contributed by atoms with E-state index in [9.17, 15) is 5.11 Å². The van der Waals surface area contributed by atoms with Crippen LogP contribution in [0.5, 0.6) is 0 Å². The number of rotatable bonds is 4. The van der Waals surface area contributed by atoms with Crippen molar-refractivity contribution in [3.05, 3.63) is 35.9 Å². The van der Waals surface area contributed by atoms with Gasteiger partial charge in [-0.3, -0.25) is 0 Å². The maximum atomic E-state index is 9.37. The van der Waals surface area contributed by atoms with Crippen molar-refractivity contribution in [1.82, 2.24) is 0 Å². The molecule has 4 fully saturated rings. The van der Waals surface area contributed by atoms with Crippen LogP contribution in [0.1, 0.15) is 77.2 Å². The van der Waals surface area contributed by atoms with Crippen LogP contribution in [0.25, 0.3) is 0 Å². The first kappa shape index (κ1) is 20.1. The van der Waals surface area contributed by atoms with Crippen LogP contribution in [-0.4, -0.2) is 18.0 Å². The lowest BCUT2D eigenvalue weighted by Crippen LogP contribution is -2.54. The van der Waals surface area contributed by atoms with Gasteiger partial charge >= 0.3 is 0 Å². The van der Waals surface area contributed by atoms with Gasteiger partial charge in [0.05, 0.1) is 6.10 Å². The van der Waals surface area contributed by atoms with E-state index in [1.165, 1.54) is 63.4 Å². The monoisotopic (exact) mass is 396 g/mol. The Hall–Kier alpha value is -0.860. The summed E-state index contributed by atoms with van der Waals surface area (Å²) in [6, 6.07) is 11.2.